The predicted octanol–water partition coefficient (Wildman–Crippen LogP) is 1.03. The number of nitro groups is 1. The maximum atomic E-state index is 11.9. The third kappa shape index (κ3) is 4.87. The van der Waals surface area contributed by atoms with E-state index in [4.69, 9.17) is 5.11 Å². The van der Waals surface area contributed by atoms with Gasteiger partial charge in [0.1, 0.15) is 0 Å². The van der Waals surface area contributed by atoms with Crippen molar-refractivity contribution in [2.75, 3.05) is 6.61 Å². The first-order valence-electron chi connectivity index (χ1n) is 6.09. The Balaban J connectivity index is 2.78. The molecule has 0 aliphatic heterocycles. The molecule has 0 saturated heterocycles. The van der Waals surface area contributed by atoms with Crippen molar-refractivity contribution in [3.63, 3.8) is 0 Å². The molecule has 0 saturated carbocycles. The summed E-state index contributed by atoms with van der Waals surface area (Å²) in [5.41, 5.74) is 0.359. The van der Waals surface area contributed by atoms with Crippen LogP contribution in [0.3, 0.4) is 0 Å². The second kappa shape index (κ2) is 6.78. The van der Waals surface area contributed by atoms with Gasteiger partial charge in [-0.25, -0.2) is 13.1 Å². The Hall–Kier alpha value is -1.51. The zero-order valence-electron chi connectivity index (χ0n) is 11.3. The van der Waals surface area contributed by atoms with Gasteiger partial charge in [0, 0.05) is 18.2 Å². The third-order valence-corrected chi connectivity index (χ3v) is 4.21. The molecule has 20 heavy (non-hydrogen) atoms. The number of nitrogens with one attached hydrogen (secondary N) is 1. The molecule has 0 fully saturated rings. The first kappa shape index (κ1) is 16.5. The summed E-state index contributed by atoms with van der Waals surface area (Å²) in [5, 5.41) is 19.6. The van der Waals surface area contributed by atoms with Crippen LogP contribution in [0.1, 0.15) is 19.4 Å². The predicted molar refractivity (Wildman–Crippen MR) is 74.6 cm³/mol. The molecule has 2 N–H and O–H groups in total. The molecule has 0 aromatic heterocycles. The van der Waals surface area contributed by atoms with E-state index in [-0.39, 0.29) is 24.0 Å². The summed E-state index contributed by atoms with van der Waals surface area (Å²) in [5.74, 6) is -0.319. The van der Waals surface area contributed by atoms with Gasteiger partial charge in [0.25, 0.3) is 5.69 Å². The molecule has 0 spiro atoms. The SMILES string of the molecule is CC(C)[C@@H](CO)NS(=O)(=O)Cc1ccc([N+](=O)[O-])cc1. The zero-order chi connectivity index (χ0) is 15.3. The van der Waals surface area contributed by atoms with Crippen LogP contribution >= 0.6 is 0 Å². The molecule has 1 aromatic carbocycles. The number of sulfonamides is 1. The van der Waals surface area contributed by atoms with Crippen LogP contribution < -0.4 is 4.72 Å². The molecule has 0 aliphatic rings. The summed E-state index contributed by atoms with van der Waals surface area (Å²) in [6.07, 6.45) is 0. The van der Waals surface area contributed by atoms with Crippen molar-refractivity contribution in [2.24, 2.45) is 5.92 Å². The molecular weight excluding hydrogens is 284 g/mol. The van der Waals surface area contributed by atoms with Crippen LogP contribution in [0.2, 0.25) is 0 Å². The van der Waals surface area contributed by atoms with E-state index in [1.807, 2.05) is 0 Å². The fraction of sp³-hybridized carbons (Fsp3) is 0.500. The van der Waals surface area contributed by atoms with Gasteiger partial charge in [-0.15, -0.1) is 0 Å². The molecule has 1 atom stereocenters. The lowest BCUT2D eigenvalue weighted by molar-refractivity contribution is -0.384. The first-order chi connectivity index (χ1) is 9.25. The van der Waals surface area contributed by atoms with Crippen LogP contribution in [0.4, 0.5) is 5.69 Å². The Bertz CT molecular complexity index is 554. The normalized spacial score (nSPS) is 13.4. The third-order valence-electron chi connectivity index (χ3n) is 2.84. The number of aliphatic hydroxyl groups is 1. The van der Waals surface area contributed by atoms with E-state index in [1.165, 1.54) is 24.3 Å². The number of hydrogen-bond donors (Lipinski definition) is 2. The van der Waals surface area contributed by atoms with Crippen LogP contribution in [0.15, 0.2) is 24.3 Å². The molecule has 112 valence electrons. The van der Waals surface area contributed by atoms with Crippen molar-refractivity contribution in [3.05, 3.63) is 39.9 Å². The Morgan fingerprint density at radius 3 is 2.25 bits per heavy atom. The molecule has 0 heterocycles. The summed E-state index contributed by atoms with van der Waals surface area (Å²) < 4.78 is 26.3. The monoisotopic (exact) mass is 302 g/mol. The van der Waals surface area contributed by atoms with Gasteiger partial charge in [-0.3, -0.25) is 10.1 Å². The van der Waals surface area contributed by atoms with Gasteiger partial charge in [-0.1, -0.05) is 26.0 Å². The van der Waals surface area contributed by atoms with E-state index in [0.29, 0.717) is 5.56 Å². The summed E-state index contributed by atoms with van der Waals surface area (Å²) in [7, 11) is -3.60. The first-order valence-corrected chi connectivity index (χ1v) is 7.74. The van der Waals surface area contributed by atoms with Crippen molar-refractivity contribution < 1.29 is 18.4 Å². The highest BCUT2D eigenvalue weighted by Crippen LogP contribution is 2.14. The van der Waals surface area contributed by atoms with E-state index in [0.717, 1.165) is 0 Å². The second-order valence-corrected chi connectivity index (χ2v) is 6.59. The number of rotatable bonds is 7. The van der Waals surface area contributed by atoms with Crippen LogP contribution in [-0.4, -0.2) is 31.1 Å². The Kier molecular flexibility index (Phi) is 5.61. The minimum atomic E-state index is -3.60. The van der Waals surface area contributed by atoms with Gasteiger partial charge in [0.15, 0.2) is 0 Å². The molecule has 0 amide bonds. The van der Waals surface area contributed by atoms with Crippen LogP contribution in [-0.2, 0) is 15.8 Å². The lowest BCUT2D eigenvalue weighted by Crippen LogP contribution is -2.41. The van der Waals surface area contributed by atoms with E-state index in [1.54, 1.807) is 13.8 Å². The van der Waals surface area contributed by atoms with E-state index < -0.39 is 21.0 Å². The molecule has 1 rings (SSSR count). The molecular formula is C12H18N2O5S. The number of nitrogens with zero attached hydrogens (tertiary/aromatic N) is 1. The summed E-state index contributed by atoms with van der Waals surface area (Å²) >= 11 is 0. The van der Waals surface area contributed by atoms with Crippen LogP contribution in [0.5, 0.6) is 0 Å². The van der Waals surface area contributed by atoms with Crippen molar-refractivity contribution >= 4 is 15.7 Å². The average Bonchev–Trinajstić information content (AvgIpc) is 2.35. The number of nitro benzene ring substituents is 1. The molecule has 0 unspecified atom stereocenters. The number of benzene rings is 1. The number of aliphatic hydroxyl groups excluding tert-OH is 1. The lowest BCUT2D eigenvalue weighted by Gasteiger charge is -2.19. The maximum Gasteiger partial charge on any atom is 0.269 e. The van der Waals surface area contributed by atoms with Crippen molar-refractivity contribution in [3.8, 4) is 0 Å². The quantitative estimate of drug-likeness (QED) is 0.577. The summed E-state index contributed by atoms with van der Waals surface area (Å²) in [6, 6.07) is 4.78. The molecule has 0 radical (unpaired) electrons. The van der Waals surface area contributed by atoms with Crippen molar-refractivity contribution in [1.82, 2.24) is 4.72 Å². The van der Waals surface area contributed by atoms with E-state index >= 15 is 0 Å². The average molecular weight is 302 g/mol. The van der Waals surface area contributed by atoms with Gasteiger partial charge in [0.05, 0.1) is 17.3 Å². The topological polar surface area (TPSA) is 110 Å². The van der Waals surface area contributed by atoms with Gasteiger partial charge in [-0.2, -0.15) is 0 Å². The zero-order valence-corrected chi connectivity index (χ0v) is 12.1. The highest BCUT2D eigenvalue weighted by molar-refractivity contribution is 7.88. The van der Waals surface area contributed by atoms with Gasteiger partial charge in [0.2, 0.25) is 10.0 Å². The molecule has 7 nitrogen and oxygen atoms in total. The molecule has 0 aliphatic carbocycles. The van der Waals surface area contributed by atoms with Crippen LogP contribution in [0, 0.1) is 16.0 Å². The van der Waals surface area contributed by atoms with E-state index in [2.05, 4.69) is 4.72 Å². The highest BCUT2D eigenvalue weighted by atomic mass is 32.2. The van der Waals surface area contributed by atoms with E-state index in [9.17, 15) is 18.5 Å². The Morgan fingerprint density at radius 2 is 1.85 bits per heavy atom. The van der Waals surface area contributed by atoms with Gasteiger partial charge >= 0.3 is 0 Å². The Morgan fingerprint density at radius 1 is 1.30 bits per heavy atom. The van der Waals surface area contributed by atoms with Gasteiger partial charge in [-0.05, 0) is 11.5 Å². The minimum Gasteiger partial charge on any atom is -0.395 e. The smallest absolute Gasteiger partial charge is 0.269 e. The minimum absolute atomic E-state index is 0.0355. The number of non-ortho nitro benzene ring substituents is 1. The van der Waals surface area contributed by atoms with Gasteiger partial charge < -0.3 is 5.11 Å². The fourth-order valence-electron chi connectivity index (χ4n) is 1.59. The lowest BCUT2D eigenvalue weighted by atomic mass is 10.1. The van der Waals surface area contributed by atoms with Crippen molar-refractivity contribution in [1.29, 1.82) is 0 Å². The molecule has 1 aromatic rings. The second-order valence-electron chi connectivity index (χ2n) is 4.83. The van der Waals surface area contributed by atoms with Crippen molar-refractivity contribution in [2.45, 2.75) is 25.6 Å². The summed E-state index contributed by atoms with van der Waals surface area (Å²) in [4.78, 5) is 9.96. The number of hydrogen-bond acceptors (Lipinski definition) is 5. The fourth-order valence-corrected chi connectivity index (χ4v) is 3.11. The molecule has 0 bridgehead atoms. The highest BCUT2D eigenvalue weighted by Gasteiger charge is 2.20. The summed E-state index contributed by atoms with van der Waals surface area (Å²) in [6.45, 7) is 3.32. The largest absolute Gasteiger partial charge is 0.395 e. The maximum absolute atomic E-state index is 11.9. The molecule has 8 heteroatoms. The Labute approximate surface area is 117 Å². The van der Waals surface area contributed by atoms with Crippen LogP contribution in [0.25, 0.3) is 0 Å². The standard InChI is InChI=1S/C12H18N2O5S/c1-9(2)12(7-15)13-20(18,19)8-10-3-5-11(6-4-10)14(16)17/h3-6,9,12-13,15H,7-8H2,1-2H3/t12-/m1/s1.